The Balaban J connectivity index is 0.857. The molecular weight excluding hydrogens is 881 g/mol. The van der Waals surface area contributed by atoms with Crippen LogP contribution < -0.4 is 4.90 Å². The molecule has 340 valence electrons. The number of para-hydroxylation sites is 2. The fourth-order valence-electron chi connectivity index (χ4n) is 12.7. The average Bonchev–Trinajstić information content (AvgIpc) is 4.08. The summed E-state index contributed by atoms with van der Waals surface area (Å²) < 4.78 is 2.37. The molecule has 0 fully saturated rings. The first-order chi connectivity index (χ1) is 36.2. The number of hydrogen-bond acceptors (Lipinski definition) is 1. The first-order valence-corrected chi connectivity index (χ1v) is 25.3. The third kappa shape index (κ3) is 6.17. The number of hydrogen-bond donors (Lipinski definition) is 0. The lowest BCUT2D eigenvalue weighted by atomic mass is 9.70. The highest BCUT2D eigenvalue weighted by molar-refractivity contribution is 6.11. The lowest BCUT2D eigenvalue weighted by Gasteiger charge is -2.32. The summed E-state index contributed by atoms with van der Waals surface area (Å²) in [5.74, 6) is 0. The van der Waals surface area contributed by atoms with E-state index in [4.69, 9.17) is 0 Å². The van der Waals surface area contributed by atoms with E-state index in [1.165, 1.54) is 116 Å². The van der Waals surface area contributed by atoms with E-state index >= 15 is 0 Å². The lowest BCUT2D eigenvalue weighted by molar-refractivity contribution is 0.793. The molecule has 2 heteroatoms. The van der Waals surface area contributed by atoms with E-state index in [0.29, 0.717) is 0 Å². The lowest BCUT2D eigenvalue weighted by Crippen LogP contribution is -2.26. The molecule has 12 aromatic carbocycles. The Morgan fingerprint density at radius 3 is 1.38 bits per heavy atom. The highest BCUT2D eigenvalue weighted by Crippen LogP contribution is 2.63. The predicted molar refractivity (Wildman–Crippen MR) is 306 cm³/mol. The average molecular weight is 927 g/mol. The van der Waals surface area contributed by atoms with Crippen molar-refractivity contribution in [3.8, 4) is 61.3 Å². The zero-order chi connectivity index (χ0) is 48.0. The van der Waals surface area contributed by atoms with Crippen molar-refractivity contribution in [2.75, 3.05) is 4.90 Å². The van der Waals surface area contributed by atoms with Crippen LogP contribution in [-0.4, -0.2) is 4.57 Å². The van der Waals surface area contributed by atoms with Crippen LogP contribution in [0.4, 0.5) is 17.1 Å². The maximum absolute atomic E-state index is 2.50. The second-order valence-electron chi connectivity index (χ2n) is 19.5. The van der Waals surface area contributed by atoms with Crippen molar-refractivity contribution < 1.29 is 0 Å². The van der Waals surface area contributed by atoms with E-state index in [9.17, 15) is 0 Å². The molecule has 0 aliphatic heterocycles. The Hall–Kier alpha value is -9.50. The summed E-state index contributed by atoms with van der Waals surface area (Å²) in [6.07, 6.45) is 0. The van der Waals surface area contributed by atoms with Crippen LogP contribution in [0.25, 0.3) is 93.9 Å². The summed E-state index contributed by atoms with van der Waals surface area (Å²) in [5.41, 5.74) is 24.2. The molecule has 15 rings (SSSR count). The minimum Gasteiger partial charge on any atom is -0.310 e. The third-order valence-electron chi connectivity index (χ3n) is 15.8. The standard InChI is InChI=1S/C71H46N2/c1-3-17-50(18-4-1)55-42-44-69(61-25-8-7-21-56(55)61)72(54-40-41-60-59-24-11-15-29-66(59)71(67(60)46-54)64-27-13-9-22-57(64)58-23-10-14-28-65(58)71)53-38-35-48(36-39-53)47-31-33-49(34-32-47)51-37-43-70-63(45-51)62-26-12-16-30-68(62)73(70)52-19-5-2-6-20-52/h1-46H. The molecule has 1 aromatic heterocycles. The van der Waals surface area contributed by atoms with Crippen LogP contribution in [0.1, 0.15) is 22.3 Å². The molecular formula is C71H46N2. The van der Waals surface area contributed by atoms with Gasteiger partial charge in [-0.15, -0.1) is 0 Å². The largest absolute Gasteiger partial charge is 0.310 e. The second-order valence-corrected chi connectivity index (χ2v) is 19.5. The summed E-state index contributed by atoms with van der Waals surface area (Å²) >= 11 is 0. The van der Waals surface area contributed by atoms with Crippen LogP contribution in [-0.2, 0) is 5.41 Å². The number of benzene rings is 12. The van der Waals surface area contributed by atoms with Gasteiger partial charge in [0.2, 0.25) is 0 Å². The molecule has 0 saturated heterocycles. The van der Waals surface area contributed by atoms with Crippen molar-refractivity contribution in [1.82, 2.24) is 4.57 Å². The van der Waals surface area contributed by atoms with Crippen molar-refractivity contribution in [3.63, 3.8) is 0 Å². The normalized spacial score (nSPS) is 12.8. The van der Waals surface area contributed by atoms with Gasteiger partial charge in [-0.05, 0) is 144 Å². The fraction of sp³-hybridized carbons (Fsp3) is 0.0141. The fourth-order valence-corrected chi connectivity index (χ4v) is 12.7. The molecule has 13 aromatic rings. The highest BCUT2D eigenvalue weighted by Gasteiger charge is 2.51. The molecule has 0 radical (unpaired) electrons. The number of anilines is 3. The van der Waals surface area contributed by atoms with Crippen LogP contribution >= 0.6 is 0 Å². The number of rotatable bonds is 7. The molecule has 1 heterocycles. The summed E-state index contributed by atoms with van der Waals surface area (Å²) in [5, 5.41) is 4.93. The summed E-state index contributed by atoms with van der Waals surface area (Å²) in [6, 6.07) is 103. The van der Waals surface area contributed by atoms with Crippen LogP contribution in [0.3, 0.4) is 0 Å². The molecule has 2 aliphatic rings. The van der Waals surface area contributed by atoms with Crippen LogP contribution in [0.15, 0.2) is 279 Å². The highest BCUT2D eigenvalue weighted by atomic mass is 15.1. The molecule has 0 unspecified atom stereocenters. The monoisotopic (exact) mass is 926 g/mol. The van der Waals surface area contributed by atoms with Gasteiger partial charge in [0.25, 0.3) is 0 Å². The van der Waals surface area contributed by atoms with Gasteiger partial charge in [-0.1, -0.05) is 218 Å². The molecule has 2 aliphatic carbocycles. The van der Waals surface area contributed by atoms with Gasteiger partial charge < -0.3 is 9.47 Å². The van der Waals surface area contributed by atoms with E-state index < -0.39 is 5.41 Å². The molecule has 0 N–H and O–H groups in total. The number of nitrogens with zero attached hydrogens (tertiary/aromatic N) is 2. The first-order valence-electron chi connectivity index (χ1n) is 25.3. The molecule has 0 saturated carbocycles. The Morgan fingerprint density at radius 2 is 0.726 bits per heavy atom. The molecule has 0 bridgehead atoms. The van der Waals surface area contributed by atoms with Crippen LogP contribution in [0, 0.1) is 0 Å². The van der Waals surface area contributed by atoms with Gasteiger partial charge >= 0.3 is 0 Å². The zero-order valence-electron chi connectivity index (χ0n) is 40.0. The smallest absolute Gasteiger partial charge is 0.0726 e. The molecule has 1 spiro atoms. The van der Waals surface area contributed by atoms with Gasteiger partial charge in [0.15, 0.2) is 0 Å². The van der Waals surface area contributed by atoms with E-state index in [2.05, 4.69) is 289 Å². The summed E-state index contributed by atoms with van der Waals surface area (Å²) in [6.45, 7) is 0. The van der Waals surface area contributed by atoms with Crippen LogP contribution in [0.5, 0.6) is 0 Å². The Morgan fingerprint density at radius 1 is 0.260 bits per heavy atom. The van der Waals surface area contributed by atoms with Gasteiger partial charge in [-0.25, -0.2) is 0 Å². The van der Waals surface area contributed by atoms with Gasteiger partial charge in [-0.2, -0.15) is 0 Å². The van der Waals surface area contributed by atoms with E-state index in [1.807, 2.05) is 0 Å². The predicted octanol–water partition coefficient (Wildman–Crippen LogP) is 18.8. The number of fused-ring (bicyclic) bond motifs is 14. The van der Waals surface area contributed by atoms with Crippen LogP contribution in [0.2, 0.25) is 0 Å². The zero-order valence-corrected chi connectivity index (χ0v) is 40.0. The molecule has 2 nitrogen and oxygen atoms in total. The quantitative estimate of drug-likeness (QED) is 0.155. The van der Waals surface area contributed by atoms with E-state index in [1.54, 1.807) is 0 Å². The minimum absolute atomic E-state index is 0.456. The molecule has 0 amide bonds. The Labute approximate surface area is 425 Å². The van der Waals surface area contributed by atoms with Crippen molar-refractivity contribution in [2.45, 2.75) is 5.41 Å². The van der Waals surface area contributed by atoms with E-state index in [-0.39, 0.29) is 0 Å². The summed E-state index contributed by atoms with van der Waals surface area (Å²) in [7, 11) is 0. The topological polar surface area (TPSA) is 8.17 Å². The minimum atomic E-state index is -0.456. The number of aromatic nitrogens is 1. The van der Waals surface area contributed by atoms with E-state index in [0.717, 1.165) is 17.1 Å². The van der Waals surface area contributed by atoms with Gasteiger partial charge in [0.1, 0.15) is 0 Å². The second kappa shape index (κ2) is 16.3. The van der Waals surface area contributed by atoms with Crippen molar-refractivity contribution in [1.29, 1.82) is 0 Å². The Kier molecular flexibility index (Phi) is 9.21. The first kappa shape index (κ1) is 41.3. The summed E-state index contributed by atoms with van der Waals surface area (Å²) in [4.78, 5) is 2.48. The van der Waals surface area contributed by atoms with Gasteiger partial charge in [0, 0.05) is 33.2 Å². The Bertz CT molecular complexity index is 4230. The van der Waals surface area contributed by atoms with Crippen molar-refractivity contribution >= 4 is 49.6 Å². The third-order valence-corrected chi connectivity index (χ3v) is 15.8. The van der Waals surface area contributed by atoms with Gasteiger partial charge in [0.05, 0.1) is 22.1 Å². The van der Waals surface area contributed by atoms with Crippen molar-refractivity contribution in [3.05, 3.63) is 301 Å². The SMILES string of the molecule is c1ccc(-c2ccc(N(c3ccc(-c4ccc(-c5ccc6c(c5)c5ccccc5n6-c5ccccc5)cc4)cc3)c3ccc4c(c3)C3(c5ccccc5-c5ccccc53)c3ccccc3-4)c3ccccc23)cc1. The maximum atomic E-state index is 2.50. The van der Waals surface area contributed by atoms with Crippen molar-refractivity contribution in [2.24, 2.45) is 0 Å². The maximum Gasteiger partial charge on any atom is 0.0726 e. The molecule has 0 atom stereocenters. The molecule has 73 heavy (non-hydrogen) atoms. The van der Waals surface area contributed by atoms with Gasteiger partial charge in [-0.3, -0.25) is 0 Å².